The maximum absolute atomic E-state index is 12.9. The van der Waals surface area contributed by atoms with Crippen LogP contribution in [0.5, 0.6) is 5.75 Å². The van der Waals surface area contributed by atoms with E-state index in [1.807, 2.05) is 13.0 Å². The van der Waals surface area contributed by atoms with Crippen molar-refractivity contribution in [3.05, 3.63) is 83.3 Å². The first-order valence-electron chi connectivity index (χ1n) is 10.6. The summed E-state index contributed by atoms with van der Waals surface area (Å²) in [5.41, 5.74) is 12.7. The topological polar surface area (TPSA) is 129 Å². The third-order valence-corrected chi connectivity index (χ3v) is 5.33. The molecule has 0 spiro atoms. The minimum Gasteiger partial charge on any atom is -0.487 e. The number of benzene rings is 1. The van der Waals surface area contributed by atoms with Crippen molar-refractivity contribution in [1.29, 1.82) is 0 Å². The number of ether oxygens (including phenoxy) is 1. The SMILES string of the molecule is CCSNc1ccc(C(N)=C(C=O)C(N)=Nc2cccc(C(F)(F)F)n2)cc1OCc1cccnc1. The normalized spacial score (nSPS) is 12.6. The van der Waals surface area contributed by atoms with Crippen molar-refractivity contribution in [3.63, 3.8) is 0 Å². The molecule has 1 aromatic carbocycles. The largest absolute Gasteiger partial charge is 0.487 e. The summed E-state index contributed by atoms with van der Waals surface area (Å²) in [6, 6.07) is 11.8. The highest BCUT2D eigenvalue weighted by Crippen LogP contribution is 2.32. The lowest BCUT2D eigenvalue weighted by atomic mass is 10.1. The van der Waals surface area contributed by atoms with E-state index in [-0.39, 0.29) is 29.5 Å². The molecule has 0 atom stereocenters. The van der Waals surface area contributed by atoms with Crippen molar-refractivity contribution < 1.29 is 22.7 Å². The van der Waals surface area contributed by atoms with Crippen LogP contribution in [0.4, 0.5) is 24.7 Å². The molecule has 3 aromatic rings. The Bertz CT molecular complexity index is 1270. The average Bonchev–Trinajstić information content (AvgIpc) is 2.87. The van der Waals surface area contributed by atoms with Gasteiger partial charge in [-0.2, -0.15) is 13.2 Å². The fourth-order valence-electron chi connectivity index (χ4n) is 2.93. The van der Waals surface area contributed by atoms with E-state index < -0.39 is 11.9 Å². The molecule has 36 heavy (non-hydrogen) atoms. The van der Waals surface area contributed by atoms with Crippen molar-refractivity contribution >= 4 is 41.3 Å². The number of amidine groups is 1. The number of aromatic nitrogens is 2. The van der Waals surface area contributed by atoms with E-state index in [0.29, 0.717) is 23.3 Å². The number of pyridine rings is 2. The number of hydrogen-bond acceptors (Lipinski definition) is 8. The number of nitrogens with two attached hydrogens (primary N) is 2. The number of aliphatic imine (C=N–C) groups is 1. The van der Waals surface area contributed by atoms with Crippen LogP contribution in [0.15, 0.2) is 71.5 Å². The van der Waals surface area contributed by atoms with Crippen molar-refractivity contribution in [1.82, 2.24) is 9.97 Å². The molecule has 0 amide bonds. The summed E-state index contributed by atoms with van der Waals surface area (Å²) in [5.74, 6) is 0.570. The molecule has 0 aliphatic carbocycles. The third-order valence-electron chi connectivity index (χ3n) is 4.68. The molecule has 0 fully saturated rings. The molecule has 2 heterocycles. The highest BCUT2D eigenvalue weighted by atomic mass is 32.2. The second-order valence-electron chi connectivity index (χ2n) is 7.22. The Labute approximate surface area is 209 Å². The number of anilines is 1. The van der Waals surface area contributed by atoms with Gasteiger partial charge in [0.05, 0.1) is 17.0 Å². The van der Waals surface area contributed by atoms with E-state index in [9.17, 15) is 18.0 Å². The van der Waals surface area contributed by atoms with E-state index >= 15 is 0 Å². The van der Waals surface area contributed by atoms with Crippen LogP contribution in [0, 0.1) is 0 Å². The van der Waals surface area contributed by atoms with Gasteiger partial charge in [-0.25, -0.2) is 9.98 Å². The predicted octanol–water partition coefficient (Wildman–Crippen LogP) is 4.71. The zero-order valence-electron chi connectivity index (χ0n) is 19.1. The molecule has 2 aromatic heterocycles. The van der Waals surface area contributed by atoms with Gasteiger partial charge in [0.2, 0.25) is 0 Å². The van der Waals surface area contributed by atoms with Gasteiger partial charge in [0.25, 0.3) is 0 Å². The Morgan fingerprint density at radius 3 is 2.67 bits per heavy atom. The minimum atomic E-state index is -4.65. The van der Waals surface area contributed by atoms with E-state index in [0.717, 1.165) is 23.4 Å². The van der Waals surface area contributed by atoms with E-state index in [1.165, 1.54) is 18.0 Å². The molecule has 0 aliphatic heterocycles. The lowest BCUT2D eigenvalue weighted by molar-refractivity contribution is -0.141. The fourth-order valence-corrected chi connectivity index (χ4v) is 3.40. The summed E-state index contributed by atoms with van der Waals surface area (Å²) in [4.78, 5) is 23.2. The number of aldehydes is 1. The zero-order chi connectivity index (χ0) is 26.1. The number of nitrogens with zero attached hydrogens (tertiary/aromatic N) is 3. The zero-order valence-corrected chi connectivity index (χ0v) is 19.9. The van der Waals surface area contributed by atoms with Gasteiger partial charge in [-0.1, -0.05) is 37.1 Å². The monoisotopic (exact) mass is 516 g/mol. The molecule has 8 nitrogen and oxygen atoms in total. The van der Waals surface area contributed by atoms with Crippen LogP contribution in [0.1, 0.15) is 23.7 Å². The number of halogens is 3. The number of nitrogens with one attached hydrogen (secondary N) is 1. The van der Waals surface area contributed by atoms with Gasteiger partial charge in [0.15, 0.2) is 12.1 Å². The molecule has 0 aliphatic rings. The maximum atomic E-state index is 12.9. The first-order valence-corrected chi connectivity index (χ1v) is 11.6. The summed E-state index contributed by atoms with van der Waals surface area (Å²) >= 11 is 1.46. The third kappa shape index (κ3) is 6.98. The van der Waals surface area contributed by atoms with Crippen LogP contribution < -0.4 is 20.9 Å². The summed E-state index contributed by atoms with van der Waals surface area (Å²) in [7, 11) is 0. The summed E-state index contributed by atoms with van der Waals surface area (Å²) in [6.07, 6.45) is -0.935. The van der Waals surface area contributed by atoms with Gasteiger partial charge in [-0.15, -0.1) is 0 Å². The van der Waals surface area contributed by atoms with Gasteiger partial charge < -0.3 is 20.9 Å². The lowest BCUT2D eigenvalue weighted by Crippen LogP contribution is -2.20. The molecule has 0 saturated heterocycles. The number of alkyl halides is 3. The van der Waals surface area contributed by atoms with Gasteiger partial charge in [-0.3, -0.25) is 9.78 Å². The highest BCUT2D eigenvalue weighted by Gasteiger charge is 2.32. The second-order valence-corrected chi connectivity index (χ2v) is 8.29. The summed E-state index contributed by atoms with van der Waals surface area (Å²) < 4.78 is 48.0. The van der Waals surface area contributed by atoms with Crippen molar-refractivity contribution in [2.45, 2.75) is 19.7 Å². The quantitative estimate of drug-likeness (QED) is 0.116. The number of hydrogen-bond donors (Lipinski definition) is 3. The Hall–Kier alpha value is -4.06. The van der Waals surface area contributed by atoms with E-state index in [4.69, 9.17) is 16.2 Å². The smallest absolute Gasteiger partial charge is 0.433 e. The Balaban J connectivity index is 1.95. The van der Waals surface area contributed by atoms with Crippen LogP contribution in [0.3, 0.4) is 0 Å². The van der Waals surface area contributed by atoms with Crippen LogP contribution in [-0.2, 0) is 17.6 Å². The number of carbonyl (C=O) groups excluding carboxylic acids is 1. The lowest BCUT2D eigenvalue weighted by Gasteiger charge is -2.15. The molecule has 0 bridgehead atoms. The molecular formula is C24H23F3N6O2S. The molecule has 0 saturated carbocycles. The molecular weight excluding hydrogens is 493 g/mol. The van der Waals surface area contributed by atoms with Gasteiger partial charge in [0, 0.05) is 29.3 Å². The highest BCUT2D eigenvalue weighted by molar-refractivity contribution is 8.00. The van der Waals surface area contributed by atoms with Crippen LogP contribution >= 0.6 is 11.9 Å². The molecule has 3 rings (SSSR count). The number of carbonyl (C=O) groups is 1. The van der Waals surface area contributed by atoms with Gasteiger partial charge in [-0.05, 0) is 30.3 Å². The Kier molecular flexibility index (Phi) is 8.90. The first-order chi connectivity index (χ1) is 17.2. The van der Waals surface area contributed by atoms with Crippen molar-refractivity contribution in [3.8, 4) is 5.75 Å². The Morgan fingerprint density at radius 1 is 1.19 bits per heavy atom. The number of rotatable bonds is 10. The van der Waals surface area contributed by atoms with Gasteiger partial charge >= 0.3 is 6.18 Å². The van der Waals surface area contributed by atoms with Crippen LogP contribution in [0.2, 0.25) is 0 Å². The molecule has 5 N–H and O–H groups in total. The average molecular weight is 517 g/mol. The molecule has 0 radical (unpaired) electrons. The van der Waals surface area contributed by atoms with Crippen molar-refractivity contribution in [2.75, 3.05) is 10.5 Å². The van der Waals surface area contributed by atoms with Gasteiger partial charge in [0.1, 0.15) is 23.9 Å². The standard InChI is InChI=1S/C24H23F3N6O2S/c1-2-36-33-18-9-8-16(11-19(18)35-14-15-5-4-10-30-12-15)22(28)17(13-34)23(29)32-21-7-3-6-20(31-21)24(25,26)27/h3-13,33H,2,14,28H2,1H3,(H2,29,31,32). The van der Waals surface area contributed by atoms with E-state index in [2.05, 4.69) is 19.7 Å². The predicted molar refractivity (Wildman–Crippen MR) is 134 cm³/mol. The molecule has 12 heteroatoms. The van der Waals surface area contributed by atoms with Crippen molar-refractivity contribution in [2.24, 2.45) is 16.5 Å². The first kappa shape index (κ1) is 26.5. The summed E-state index contributed by atoms with van der Waals surface area (Å²) in [5, 5.41) is 0. The second kappa shape index (κ2) is 12.1. The van der Waals surface area contributed by atoms with Crippen LogP contribution in [-0.4, -0.2) is 27.8 Å². The summed E-state index contributed by atoms with van der Waals surface area (Å²) in [6.45, 7) is 2.22. The van der Waals surface area contributed by atoms with E-state index in [1.54, 1.807) is 36.7 Å². The Morgan fingerprint density at radius 2 is 2.00 bits per heavy atom. The molecule has 188 valence electrons. The minimum absolute atomic E-state index is 0.0286. The van der Waals surface area contributed by atoms with Crippen LogP contribution in [0.25, 0.3) is 5.70 Å². The molecule has 0 unspecified atom stereocenters. The fraction of sp³-hybridized carbons (Fsp3) is 0.167. The maximum Gasteiger partial charge on any atom is 0.433 e.